The molecule has 0 aliphatic heterocycles. The first-order valence-corrected chi connectivity index (χ1v) is 11.4. The first-order valence-electron chi connectivity index (χ1n) is 9.52. The number of amides is 1. The minimum absolute atomic E-state index is 0. The first-order chi connectivity index (χ1) is 15.6. The molecule has 2 unspecified atom stereocenters. The minimum atomic E-state index is -5.03. The van der Waals surface area contributed by atoms with Crippen LogP contribution in [-0.4, -0.2) is 36.8 Å². The molecule has 0 spiro atoms. The van der Waals surface area contributed by atoms with Gasteiger partial charge in [0.25, 0.3) is 7.82 Å². The largest absolute Gasteiger partial charge is 1.00 e. The molecule has 1 heterocycles. The molecular weight excluding hydrogens is 498 g/mol. The van der Waals surface area contributed by atoms with E-state index in [0.29, 0.717) is 38.6 Å². The van der Waals surface area contributed by atoms with Gasteiger partial charge in [-0.25, -0.2) is 0 Å². The van der Waals surface area contributed by atoms with E-state index in [1.54, 1.807) is 36.4 Å². The maximum Gasteiger partial charge on any atom is 1.00 e. The van der Waals surface area contributed by atoms with Gasteiger partial charge in [-0.2, -0.15) is 0 Å². The fourth-order valence-electron chi connectivity index (χ4n) is 3.29. The smallest absolute Gasteiger partial charge is 0.756 e. The maximum absolute atomic E-state index is 12.1. The Balaban J connectivity index is 0.00000408. The Hall–Kier alpha value is -1.88. The molecule has 0 saturated heterocycles. The van der Waals surface area contributed by atoms with Crippen LogP contribution in [0.5, 0.6) is 17.2 Å². The standard InChI is InChI=1S/C21H22ClN2O8P.Na/c1-12(25)24-19(13-6-7-17(29-2)18(9-13)30-3)15-10-16(22)14-5-4-8-23-20(14)21(15)31-11-32-33(26,27)28;/h4-10,19H,11H2,1-3H3,(H,24,25)(H2,26,27,28);/q;+1/p-1. The Bertz CT molecular complexity index is 1220. The summed E-state index contributed by atoms with van der Waals surface area (Å²) in [6.07, 6.45) is 1.50. The van der Waals surface area contributed by atoms with Gasteiger partial charge in [-0.15, -0.1) is 0 Å². The molecule has 1 amide bonds. The number of nitrogens with zero attached hydrogens (tertiary/aromatic N) is 1. The van der Waals surface area contributed by atoms with E-state index in [1.165, 1.54) is 27.3 Å². The Morgan fingerprint density at radius 2 is 1.94 bits per heavy atom. The Morgan fingerprint density at radius 1 is 1.24 bits per heavy atom. The van der Waals surface area contributed by atoms with Crippen LogP contribution in [0.4, 0.5) is 0 Å². The number of hydrogen-bond acceptors (Lipinski definition) is 8. The van der Waals surface area contributed by atoms with Crippen LogP contribution in [0.3, 0.4) is 0 Å². The molecule has 3 rings (SSSR count). The van der Waals surface area contributed by atoms with Crippen LogP contribution < -0.4 is 54.0 Å². The summed E-state index contributed by atoms with van der Waals surface area (Å²) in [5.41, 5.74) is 1.27. The molecule has 13 heteroatoms. The van der Waals surface area contributed by atoms with E-state index in [-0.39, 0.29) is 41.2 Å². The molecule has 0 fully saturated rings. The van der Waals surface area contributed by atoms with Gasteiger partial charge in [0.1, 0.15) is 5.52 Å². The van der Waals surface area contributed by atoms with Crippen LogP contribution >= 0.6 is 19.4 Å². The predicted molar refractivity (Wildman–Crippen MR) is 118 cm³/mol. The van der Waals surface area contributed by atoms with Gasteiger partial charge in [-0.05, 0) is 35.9 Å². The molecule has 0 aliphatic rings. The number of nitrogens with one attached hydrogen (secondary N) is 1. The Kier molecular flexibility index (Phi) is 10.2. The SMILES string of the molecule is COc1ccc(C(NC(C)=O)c2cc(Cl)c3cccnc3c2OCOP(=O)([O-])O)cc1OC.[Na+]. The van der Waals surface area contributed by atoms with Crippen molar-refractivity contribution < 1.29 is 67.4 Å². The van der Waals surface area contributed by atoms with Crippen molar-refractivity contribution in [3.8, 4) is 17.2 Å². The monoisotopic (exact) mass is 518 g/mol. The molecule has 1 aromatic heterocycles. The number of carbonyl (C=O) groups is 1. The number of phosphoric ester groups is 1. The molecule has 3 aromatic rings. The van der Waals surface area contributed by atoms with Gasteiger partial charge in [-0.3, -0.25) is 18.9 Å². The quantitative estimate of drug-likeness (QED) is 0.227. The van der Waals surface area contributed by atoms with Crippen LogP contribution in [0.1, 0.15) is 24.1 Å². The van der Waals surface area contributed by atoms with Crippen molar-refractivity contribution in [1.29, 1.82) is 0 Å². The second-order valence-electron chi connectivity index (χ2n) is 6.78. The fraction of sp³-hybridized carbons (Fsp3) is 0.238. The summed E-state index contributed by atoms with van der Waals surface area (Å²) in [6.45, 7) is 0.522. The predicted octanol–water partition coefficient (Wildman–Crippen LogP) is -0.0515. The molecule has 176 valence electrons. The van der Waals surface area contributed by atoms with Gasteiger partial charge in [0.05, 0.1) is 25.3 Å². The van der Waals surface area contributed by atoms with E-state index < -0.39 is 20.7 Å². The number of carbonyl (C=O) groups excluding carboxylic acids is 1. The number of methoxy groups -OCH3 is 2. The van der Waals surface area contributed by atoms with Gasteiger partial charge < -0.3 is 29.3 Å². The number of phosphoric acid groups is 1. The number of ether oxygens (including phenoxy) is 3. The number of benzene rings is 2. The van der Waals surface area contributed by atoms with E-state index in [2.05, 4.69) is 14.8 Å². The topological polar surface area (TPSA) is 139 Å². The molecule has 10 nitrogen and oxygen atoms in total. The zero-order valence-corrected chi connectivity index (χ0v) is 22.6. The van der Waals surface area contributed by atoms with Crippen LogP contribution in [0, 0.1) is 0 Å². The van der Waals surface area contributed by atoms with E-state index in [9.17, 15) is 14.3 Å². The summed E-state index contributed by atoms with van der Waals surface area (Å²) < 4.78 is 31.6. The van der Waals surface area contributed by atoms with Gasteiger partial charge in [0.15, 0.2) is 24.0 Å². The Morgan fingerprint density at radius 3 is 2.56 bits per heavy atom. The maximum atomic E-state index is 12.1. The van der Waals surface area contributed by atoms with E-state index in [4.69, 9.17) is 30.7 Å². The second-order valence-corrected chi connectivity index (χ2v) is 8.39. The van der Waals surface area contributed by atoms with Crippen molar-refractivity contribution >= 4 is 36.2 Å². The van der Waals surface area contributed by atoms with Crippen molar-refractivity contribution in [2.24, 2.45) is 0 Å². The number of pyridine rings is 1. The summed E-state index contributed by atoms with van der Waals surface area (Å²) in [5, 5.41) is 3.69. The van der Waals surface area contributed by atoms with Crippen molar-refractivity contribution in [3.05, 3.63) is 58.7 Å². The van der Waals surface area contributed by atoms with Crippen molar-refractivity contribution in [2.75, 3.05) is 21.0 Å². The number of aromatic nitrogens is 1. The van der Waals surface area contributed by atoms with E-state index in [0.717, 1.165) is 0 Å². The van der Waals surface area contributed by atoms with Crippen LogP contribution in [0.2, 0.25) is 5.02 Å². The normalized spacial score (nSPS) is 13.4. The van der Waals surface area contributed by atoms with E-state index >= 15 is 0 Å². The van der Waals surface area contributed by atoms with Crippen LogP contribution in [-0.2, 0) is 13.9 Å². The van der Waals surface area contributed by atoms with Gasteiger partial charge in [0.2, 0.25) is 5.91 Å². The van der Waals surface area contributed by atoms with Crippen molar-refractivity contribution in [1.82, 2.24) is 10.3 Å². The number of halogens is 1. The summed E-state index contributed by atoms with van der Waals surface area (Å²) in [6, 6.07) is 9.23. The third kappa shape index (κ3) is 6.84. The molecule has 0 aliphatic carbocycles. The molecule has 2 atom stereocenters. The average Bonchev–Trinajstić information content (AvgIpc) is 2.77. The summed E-state index contributed by atoms with van der Waals surface area (Å²) in [5.74, 6) is 0.666. The zero-order chi connectivity index (χ0) is 24.2. The van der Waals surface area contributed by atoms with E-state index in [1.807, 2.05) is 0 Å². The average molecular weight is 519 g/mol. The minimum Gasteiger partial charge on any atom is -0.756 e. The molecule has 0 bridgehead atoms. The molecule has 2 N–H and O–H groups in total. The first kappa shape index (κ1) is 28.4. The summed E-state index contributed by atoms with van der Waals surface area (Å²) in [7, 11) is -2.05. The van der Waals surface area contributed by atoms with Crippen LogP contribution in [0.25, 0.3) is 10.9 Å². The molecule has 0 radical (unpaired) electrons. The molecular formula is C21H21ClN2NaO8P. The van der Waals surface area contributed by atoms with Crippen molar-refractivity contribution in [2.45, 2.75) is 13.0 Å². The number of rotatable bonds is 9. The van der Waals surface area contributed by atoms with Gasteiger partial charge in [0, 0.05) is 24.1 Å². The fourth-order valence-corrected chi connectivity index (χ4v) is 3.75. The molecule has 0 saturated carbocycles. The number of fused-ring (bicyclic) bond motifs is 1. The Labute approximate surface area is 223 Å². The molecule has 2 aromatic carbocycles. The number of hydrogen-bond donors (Lipinski definition) is 2. The van der Waals surface area contributed by atoms with Gasteiger partial charge in [-0.1, -0.05) is 17.7 Å². The summed E-state index contributed by atoms with van der Waals surface area (Å²) >= 11 is 6.50. The second kappa shape index (κ2) is 12.2. The third-order valence-electron chi connectivity index (χ3n) is 4.64. The summed E-state index contributed by atoms with van der Waals surface area (Å²) in [4.78, 5) is 36.3. The zero-order valence-electron chi connectivity index (χ0n) is 18.9. The third-order valence-corrected chi connectivity index (χ3v) is 5.39. The van der Waals surface area contributed by atoms with Gasteiger partial charge >= 0.3 is 29.6 Å². The van der Waals surface area contributed by atoms with Crippen LogP contribution in [0.15, 0.2) is 42.6 Å². The molecule has 34 heavy (non-hydrogen) atoms. The van der Waals surface area contributed by atoms with Crippen molar-refractivity contribution in [3.63, 3.8) is 0 Å².